The highest BCUT2D eigenvalue weighted by Crippen LogP contribution is 2.23. The number of alkyl halides is 1. The molecule has 0 aromatic heterocycles. The lowest BCUT2D eigenvalue weighted by Crippen LogP contribution is -2.53. The Morgan fingerprint density at radius 2 is 2.16 bits per heavy atom. The van der Waals surface area contributed by atoms with Crippen LogP contribution in [-0.4, -0.2) is 30.5 Å². The Labute approximate surface area is 117 Å². The number of halogens is 2. The van der Waals surface area contributed by atoms with Gasteiger partial charge in [0.05, 0.1) is 11.1 Å². The van der Waals surface area contributed by atoms with Gasteiger partial charge in [0.1, 0.15) is 5.82 Å². The summed E-state index contributed by atoms with van der Waals surface area (Å²) in [5.41, 5.74) is 0.350. The van der Waals surface area contributed by atoms with Crippen LogP contribution < -0.4 is 5.32 Å². The van der Waals surface area contributed by atoms with Crippen molar-refractivity contribution in [1.82, 2.24) is 5.32 Å². The van der Waals surface area contributed by atoms with Crippen molar-refractivity contribution in [3.05, 3.63) is 35.1 Å². The molecule has 1 fully saturated rings. The van der Waals surface area contributed by atoms with Gasteiger partial charge in [-0.05, 0) is 37.5 Å². The molecule has 1 aromatic rings. The summed E-state index contributed by atoms with van der Waals surface area (Å²) >= 11 is 5.97. The first kappa shape index (κ1) is 14.3. The molecule has 0 saturated carbocycles. The molecule has 0 atom stereocenters. The van der Waals surface area contributed by atoms with Crippen LogP contribution in [0.1, 0.15) is 28.8 Å². The first-order valence-corrected chi connectivity index (χ1v) is 6.82. The van der Waals surface area contributed by atoms with E-state index < -0.39 is 17.3 Å². The van der Waals surface area contributed by atoms with Crippen LogP contribution in [0.3, 0.4) is 0 Å². The topological polar surface area (TPSA) is 38.3 Å². The molecule has 1 amide bonds. The highest BCUT2D eigenvalue weighted by molar-refractivity contribution is 6.19. The van der Waals surface area contributed by atoms with Crippen molar-refractivity contribution in [3.8, 4) is 0 Å². The van der Waals surface area contributed by atoms with E-state index in [0.717, 1.165) is 5.56 Å². The molecule has 5 heteroatoms. The molecule has 0 radical (unpaired) electrons. The zero-order valence-corrected chi connectivity index (χ0v) is 11.6. The SMILES string of the molecule is Cc1ccc(C(=O)NC2(CCl)CCOCC2)c(F)c1. The van der Waals surface area contributed by atoms with Crippen LogP contribution >= 0.6 is 11.6 Å². The van der Waals surface area contributed by atoms with Crippen LogP contribution in [0.25, 0.3) is 0 Å². The van der Waals surface area contributed by atoms with E-state index >= 15 is 0 Å². The number of hydrogen-bond donors (Lipinski definition) is 1. The summed E-state index contributed by atoms with van der Waals surface area (Å²) < 4.78 is 19.0. The Morgan fingerprint density at radius 1 is 1.47 bits per heavy atom. The van der Waals surface area contributed by atoms with Crippen molar-refractivity contribution < 1.29 is 13.9 Å². The van der Waals surface area contributed by atoms with Crippen LogP contribution in [0.4, 0.5) is 4.39 Å². The lowest BCUT2D eigenvalue weighted by molar-refractivity contribution is 0.0432. The molecule has 104 valence electrons. The van der Waals surface area contributed by atoms with Gasteiger partial charge < -0.3 is 10.1 Å². The van der Waals surface area contributed by atoms with E-state index in [1.807, 2.05) is 0 Å². The summed E-state index contributed by atoms with van der Waals surface area (Å²) in [6.45, 7) is 2.90. The molecule has 0 aliphatic carbocycles. The summed E-state index contributed by atoms with van der Waals surface area (Å²) in [6, 6.07) is 4.57. The maximum atomic E-state index is 13.8. The summed E-state index contributed by atoms with van der Waals surface area (Å²) in [5, 5.41) is 2.87. The van der Waals surface area contributed by atoms with Gasteiger partial charge in [0.2, 0.25) is 0 Å². The Morgan fingerprint density at radius 3 is 2.74 bits per heavy atom. The van der Waals surface area contributed by atoms with Crippen LogP contribution in [-0.2, 0) is 4.74 Å². The smallest absolute Gasteiger partial charge is 0.254 e. The first-order chi connectivity index (χ1) is 9.06. The number of carbonyl (C=O) groups excluding carboxylic acids is 1. The Bertz CT molecular complexity index is 473. The van der Waals surface area contributed by atoms with Crippen molar-refractivity contribution >= 4 is 17.5 Å². The Balaban J connectivity index is 2.15. The van der Waals surface area contributed by atoms with Crippen LogP contribution in [0.2, 0.25) is 0 Å². The molecule has 3 nitrogen and oxygen atoms in total. The Hall–Kier alpha value is -1.13. The van der Waals surface area contributed by atoms with Crippen molar-refractivity contribution in [2.24, 2.45) is 0 Å². The highest BCUT2D eigenvalue weighted by atomic mass is 35.5. The third kappa shape index (κ3) is 3.25. The second-order valence-corrected chi connectivity index (χ2v) is 5.23. The van der Waals surface area contributed by atoms with E-state index in [9.17, 15) is 9.18 Å². The minimum Gasteiger partial charge on any atom is -0.381 e. The molecule has 1 aliphatic heterocycles. The fourth-order valence-electron chi connectivity index (χ4n) is 2.17. The van der Waals surface area contributed by atoms with Gasteiger partial charge in [0.15, 0.2) is 0 Å². The molecule has 2 rings (SSSR count). The molecule has 0 spiro atoms. The van der Waals surface area contributed by atoms with Gasteiger partial charge in [-0.25, -0.2) is 4.39 Å². The van der Waals surface area contributed by atoms with Crippen molar-refractivity contribution in [3.63, 3.8) is 0 Å². The third-order valence-corrected chi connectivity index (χ3v) is 3.97. The van der Waals surface area contributed by atoms with E-state index in [1.54, 1.807) is 13.0 Å². The molecule has 1 aliphatic rings. The molecule has 0 bridgehead atoms. The molecular formula is C14H17ClFNO2. The number of nitrogens with one attached hydrogen (secondary N) is 1. The van der Waals surface area contributed by atoms with Crippen molar-refractivity contribution in [2.75, 3.05) is 19.1 Å². The van der Waals surface area contributed by atoms with E-state index in [1.165, 1.54) is 12.1 Å². The molecule has 1 heterocycles. The van der Waals surface area contributed by atoms with Crippen LogP contribution in [0.15, 0.2) is 18.2 Å². The fourth-order valence-corrected chi connectivity index (χ4v) is 2.50. The summed E-state index contributed by atoms with van der Waals surface area (Å²) in [4.78, 5) is 12.2. The van der Waals surface area contributed by atoms with E-state index in [-0.39, 0.29) is 5.56 Å². The van der Waals surface area contributed by atoms with E-state index in [0.29, 0.717) is 31.9 Å². The summed E-state index contributed by atoms with van der Waals surface area (Å²) in [5.74, 6) is -0.621. The standard InChI is InChI=1S/C14H17ClFNO2/c1-10-2-3-11(12(16)8-10)13(18)17-14(9-15)4-6-19-7-5-14/h2-3,8H,4-7,9H2,1H3,(H,17,18). The second kappa shape index (κ2) is 5.88. The number of rotatable bonds is 3. The van der Waals surface area contributed by atoms with Gasteiger partial charge in [-0.3, -0.25) is 4.79 Å². The van der Waals surface area contributed by atoms with Crippen molar-refractivity contribution in [2.45, 2.75) is 25.3 Å². The van der Waals surface area contributed by atoms with E-state index in [2.05, 4.69) is 5.32 Å². The highest BCUT2D eigenvalue weighted by Gasteiger charge is 2.34. The van der Waals surface area contributed by atoms with Gasteiger partial charge in [-0.1, -0.05) is 6.07 Å². The zero-order chi connectivity index (χ0) is 13.9. The Kier molecular flexibility index (Phi) is 4.42. The largest absolute Gasteiger partial charge is 0.381 e. The maximum absolute atomic E-state index is 13.8. The predicted octanol–water partition coefficient (Wildman–Crippen LogP) is 2.65. The number of amides is 1. The monoisotopic (exact) mass is 285 g/mol. The average Bonchev–Trinajstić information content (AvgIpc) is 2.39. The van der Waals surface area contributed by atoms with Gasteiger partial charge in [-0.2, -0.15) is 0 Å². The van der Waals surface area contributed by atoms with Crippen LogP contribution in [0, 0.1) is 12.7 Å². The molecule has 1 aromatic carbocycles. The second-order valence-electron chi connectivity index (χ2n) is 4.96. The molecule has 0 unspecified atom stereocenters. The lowest BCUT2D eigenvalue weighted by atomic mass is 9.91. The van der Waals surface area contributed by atoms with Gasteiger partial charge >= 0.3 is 0 Å². The summed E-state index contributed by atoms with van der Waals surface area (Å²) in [6.07, 6.45) is 1.30. The normalized spacial score (nSPS) is 18.1. The molecule has 1 N–H and O–H groups in total. The third-order valence-electron chi connectivity index (χ3n) is 3.45. The fraction of sp³-hybridized carbons (Fsp3) is 0.500. The molecule has 1 saturated heterocycles. The number of ether oxygens (including phenoxy) is 1. The maximum Gasteiger partial charge on any atom is 0.254 e. The number of carbonyl (C=O) groups is 1. The lowest BCUT2D eigenvalue weighted by Gasteiger charge is -2.36. The predicted molar refractivity (Wildman–Crippen MR) is 72.1 cm³/mol. The first-order valence-electron chi connectivity index (χ1n) is 6.29. The molecule has 19 heavy (non-hydrogen) atoms. The minimum atomic E-state index is -0.505. The quantitative estimate of drug-likeness (QED) is 0.867. The zero-order valence-electron chi connectivity index (χ0n) is 10.8. The number of hydrogen-bond acceptors (Lipinski definition) is 2. The molecular weight excluding hydrogens is 269 g/mol. The van der Waals surface area contributed by atoms with Crippen LogP contribution in [0.5, 0.6) is 0 Å². The van der Waals surface area contributed by atoms with Gasteiger partial charge in [0, 0.05) is 19.1 Å². The number of benzene rings is 1. The van der Waals surface area contributed by atoms with Crippen molar-refractivity contribution in [1.29, 1.82) is 0 Å². The minimum absolute atomic E-state index is 0.0570. The van der Waals surface area contributed by atoms with Gasteiger partial charge in [0.25, 0.3) is 5.91 Å². The van der Waals surface area contributed by atoms with Gasteiger partial charge in [-0.15, -0.1) is 11.6 Å². The van der Waals surface area contributed by atoms with E-state index in [4.69, 9.17) is 16.3 Å². The average molecular weight is 286 g/mol. The number of aryl methyl sites for hydroxylation is 1. The summed E-state index contributed by atoms with van der Waals surface area (Å²) in [7, 11) is 0.